The number of H-pyrrole nitrogens is 2. The number of fused-ring (bicyclic) bond motifs is 1. The summed E-state index contributed by atoms with van der Waals surface area (Å²) in [6, 6.07) is 8.21. The Balaban J connectivity index is 1.98. The number of hydrogen-bond acceptors (Lipinski definition) is 3. The van der Waals surface area contributed by atoms with E-state index < -0.39 is 0 Å². The van der Waals surface area contributed by atoms with Gasteiger partial charge in [0.15, 0.2) is 5.82 Å². The summed E-state index contributed by atoms with van der Waals surface area (Å²) >= 11 is 5.27. The van der Waals surface area contributed by atoms with Crippen LogP contribution in [0, 0.1) is 11.7 Å². The molecule has 0 aliphatic rings. The van der Waals surface area contributed by atoms with E-state index in [2.05, 4.69) is 39.3 Å². The molecule has 3 aromatic rings. The maximum Gasteiger partial charge on any atom is 0.216 e. The summed E-state index contributed by atoms with van der Waals surface area (Å²) in [6.07, 6.45) is 4.91. The highest BCUT2D eigenvalue weighted by Crippen LogP contribution is 2.20. The lowest BCUT2D eigenvalue weighted by atomic mass is 10.1. The minimum atomic E-state index is 0.528. The van der Waals surface area contributed by atoms with Crippen molar-refractivity contribution in [1.82, 2.24) is 19.9 Å². The highest BCUT2D eigenvalue weighted by Gasteiger charge is 2.07. The van der Waals surface area contributed by atoms with Crippen molar-refractivity contribution in [3.8, 4) is 0 Å². The van der Waals surface area contributed by atoms with Crippen LogP contribution in [0.1, 0.15) is 36.8 Å². The molecule has 0 bridgehead atoms. The number of aryl methyl sites for hydroxylation is 2. The number of aromatic amines is 2. The molecule has 0 aliphatic heterocycles. The first kappa shape index (κ1) is 14.7. The third kappa shape index (κ3) is 2.74. The van der Waals surface area contributed by atoms with Crippen LogP contribution in [0.3, 0.4) is 0 Å². The van der Waals surface area contributed by atoms with Gasteiger partial charge in [0.25, 0.3) is 0 Å². The van der Waals surface area contributed by atoms with Gasteiger partial charge < -0.3 is 4.98 Å². The molecule has 5 nitrogen and oxygen atoms in total. The minimum Gasteiger partial charge on any atom is -0.358 e. The maximum atomic E-state index is 5.27. The van der Waals surface area contributed by atoms with Gasteiger partial charge in [0.2, 0.25) is 4.77 Å². The normalized spacial score (nSPS) is 11.7. The Morgan fingerprint density at radius 3 is 3.00 bits per heavy atom. The Morgan fingerprint density at radius 1 is 1.36 bits per heavy atom. The van der Waals surface area contributed by atoms with Gasteiger partial charge in [-0.05, 0) is 31.6 Å². The van der Waals surface area contributed by atoms with Gasteiger partial charge in [-0.25, -0.2) is 0 Å². The van der Waals surface area contributed by atoms with Crippen molar-refractivity contribution in [2.75, 3.05) is 0 Å². The van der Waals surface area contributed by atoms with E-state index in [1.54, 1.807) is 4.68 Å². The fourth-order valence-corrected chi connectivity index (χ4v) is 2.72. The number of para-hydroxylation sites is 1. The number of unbranched alkanes of at least 4 members (excludes halogenated alkanes) is 1. The topological polar surface area (TPSA) is 61.8 Å². The van der Waals surface area contributed by atoms with Crippen molar-refractivity contribution in [2.24, 2.45) is 5.10 Å². The predicted molar refractivity (Wildman–Crippen MR) is 92.1 cm³/mol. The predicted octanol–water partition coefficient (Wildman–Crippen LogP) is 3.96. The number of nitrogens with zero attached hydrogens (tertiary/aromatic N) is 3. The molecule has 0 spiro atoms. The van der Waals surface area contributed by atoms with E-state index in [4.69, 9.17) is 12.2 Å². The molecule has 0 saturated heterocycles. The van der Waals surface area contributed by atoms with Gasteiger partial charge in [-0.3, -0.25) is 5.10 Å². The number of hydrogen-bond donors (Lipinski definition) is 2. The average Bonchev–Trinajstić information content (AvgIpc) is 3.03. The molecule has 2 N–H and O–H groups in total. The summed E-state index contributed by atoms with van der Waals surface area (Å²) in [7, 11) is 0. The third-order valence-corrected chi connectivity index (χ3v) is 3.98. The first-order chi connectivity index (χ1) is 10.7. The molecule has 0 saturated carbocycles. The van der Waals surface area contributed by atoms with Crippen LogP contribution in [-0.2, 0) is 6.42 Å². The molecule has 0 unspecified atom stereocenters. The van der Waals surface area contributed by atoms with Crippen molar-refractivity contribution >= 4 is 29.3 Å². The molecule has 2 heterocycles. The Hall–Kier alpha value is -2.21. The fraction of sp³-hybridized carbons (Fsp3) is 0.312. The van der Waals surface area contributed by atoms with E-state index in [0.717, 1.165) is 47.2 Å². The lowest BCUT2D eigenvalue weighted by molar-refractivity contribution is 0.700. The monoisotopic (exact) mass is 313 g/mol. The van der Waals surface area contributed by atoms with Crippen molar-refractivity contribution in [3.63, 3.8) is 0 Å². The maximum absolute atomic E-state index is 5.27. The van der Waals surface area contributed by atoms with E-state index >= 15 is 0 Å². The van der Waals surface area contributed by atoms with Crippen molar-refractivity contribution in [2.45, 2.75) is 33.1 Å². The highest BCUT2D eigenvalue weighted by molar-refractivity contribution is 7.71. The molecule has 6 heteroatoms. The van der Waals surface area contributed by atoms with E-state index in [9.17, 15) is 0 Å². The van der Waals surface area contributed by atoms with Gasteiger partial charge >= 0.3 is 0 Å². The van der Waals surface area contributed by atoms with Gasteiger partial charge in [-0.15, -0.1) is 0 Å². The molecule has 114 valence electrons. The third-order valence-electron chi connectivity index (χ3n) is 3.72. The molecule has 2 aromatic heterocycles. The summed E-state index contributed by atoms with van der Waals surface area (Å²) in [6.45, 7) is 4.21. The number of benzene rings is 1. The largest absolute Gasteiger partial charge is 0.358 e. The quantitative estimate of drug-likeness (QED) is 0.553. The molecular formula is C16H19N5S. The SMILES string of the molecule is CCCCc1n[nH]c(=S)n1/N=C\c1c(C)[nH]c2ccccc12. The van der Waals surface area contributed by atoms with Crippen molar-refractivity contribution < 1.29 is 0 Å². The lowest BCUT2D eigenvalue weighted by Gasteiger charge is -1.99. The zero-order chi connectivity index (χ0) is 15.5. The number of aromatic nitrogens is 4. The lowest BCUT2D eigenvalue weighted by Crippen LogP contribution is -1.99. The van der Waals surface area contributed by atoms with Gasteiger partial charge in [0, 0.05) is 28.6 Å². The summed E-state index contributed by atoms with van der Waals surface area (Å²) in [5.41, 5.74) is 3.29. The summed E-state index contributed by atoms with van der Waals surface area (Å²) in [4.78, 5) is 3.37. The number of rotatable bonds is 5. The molecule has 0 amide bonds. The van der Waals surface area contributed by atoms with Crippen molar-refractivity contribution in [3.05, 3.63) is 46.1 Å². The molecule has 1 aromatic carbocycles. The smallest absolute Gasteiger partial charge is 0.216 e. The van der Waals surface area contributed by atoms with Crippen LogP contribution in [-0.4, -0.2) is 26.1 Å². The second kappa shape index (κ2) is 6.27. The number of nitrogens with one attached hydrogen (secondary N) is 2. The summed E-state index contributed by atoms with van der Waals surface area (Å²) in [5, 5.41) is 12.8. The molecule has 0 radical (unpaired) electrons. The zero-order valence-electron chi connectivity index (χ0n) is 12.8. The second-order valence-corrected chi connectivity index (χ2v) is 5.70. The Morgan fingerprint density at radius 2 is 2.18 bits per heavy atom. The molecule has 22 heavy (non-hydrogen) atoms. The van der Waals surface area contributed by atoms with Crippen LogP contribution in [0.5, 0.6) is 0 Å². The van der Waals surface area contributed by atoms with E-state index in [-0.39, 0.29) is 0 Å². The van der Waals surface area contributed by atoms with Crippen LogP contribution < -0.4 is 0 Å². The highest BCUT2D eigenvalue weighted by atomic mass is 32.1. The average molecular weight is 313 g/mol. The van der Waals surface area contributed by atoms with Gasteiger partial charge in [0.1, 0.15) is 0 Å². The molecular weight excluding hydrogens is 294 g/mol. The zero-order valence-corrected chi connectivity index (χ0v) is 13.6. The van der Waals surface area contributed by atoms with Gasteiger partial charge in [-0.2, -0.15) is 14.9 Å². The van der Waals surface area contributed by atoms with E-state index in [1.807, 2.05) is 25.3 Å². The van der Waals surface area contributed by atoms with E-state index in [1.165, 1.54) is 0 Å². The Labute approximate surface area is 134 Å². The van der Waals surface area contributed by atoms with Crippen LogP contribution in [0.4, 0.5) is 0 Å². The second-order valence-electron chi connectivity index (χ2n) is 5.31. The van der Waals surface area contributed by atoms with Crippen LogP contribution in [0.2, 0.25) is 0 Å². The minimum absolute atomic E-state index is 0.528. The first-order valence-electron chi connectivity index (χ1n) is 7.48. The van der Waals surface area contributed by atoms with Crippen LogP contribution in [0.25, 0.3) is 10.9 Å². The molecule has 0 atom stereocenters. The van der Waals surface area contributed by atoms with Crippen LogP contribution in [0.15, 0.2) is 29.4 Å². The first-order valence-corrected chi connectivity index (χ1v) is 7.89. The summed E-state index contributed by atoms with van der Waals surface area (Å²) in [5.74, 6) is 0.876. The Kier molecular flexibility index (Phi) is 4.20. The van der Waals surface area contributed by atoms with Crippen molar-refractivity contribution in [1.29, 1.82) is 0 Å². The molecule has 3 rings (SSSR count). The van der Waals surface area contributed by atoms with Gasteiger partial charge in [-0.1, -0.05) is 31.5 Å². The van der Waals surface area contributed by atoms with Crippen LogP contribution >= 0.6 is 12.2 Å². The molecule has 0 fully saturated rings. The summed E-state index contributed by atoms with van der Waals surface area (Å²) < 4.78 is 2.24. The molecule has 0 aliphatic carbocycles. The fourth-order valence-electron chi connectivity index (χ4n) is 2.52. The van der Waals surface area contributed by atoms with Gasteiger partial charge in [0.05, 0.1) is 6.21 Å². The Bertz CT molecular complexity index is 868. The standard InChI is InChI=1S/C16H19N5S/c1-3-4-9-15-19-20-16(22)21(15)17-10-13-11(2)18-14-8-6-5-7-12(13)14/h5-8,10,18H,3-4,9H2,1-2H3,(H,20,22)/b17-10-. The van der Waals surface area contributed by atoms with E-state index in [0.29, 0.717) is 4.77 Å².